The Bertz CT molecular complexity index is 273. The first-order valence-corrected chi connectivity index (χ1v) is 8.23. The van der Waals surface area contributed by atoms with E-state index in [0.29, 0.717) is 13.0 Å². The van der Waals surface area contributed by atoms with Crippen LogP contribution in [0.2, 0.25) is 0 Å². The second-order valence-electron chi connectivity index (χ2n) is 5.73. The number of esters is 1. The summed E-state index contributed by atoms with van der Waals surface area (Å²) in [5.74, 6) is -0.617. The second kappa shape index (κ2) is 11.9. The van der Waals surface area contributed by atoms with Crippen LogP contribution < -0.4 is 0 Å². The Morgan fingerprint density at radius 1 is 0.850 bits per heavy atom. The van der Waals surface area contributed by atoms with Gasteiger partial charge in [0.25, 0.3) is 0 Å². The van der Waals surface area contributed by atoms with Crippen molar-refractivity contribution in [2.45, 2.75) is 79.1 Å². The van der Waals surface area contributed by atoms with Gasteiger partial charge in [0.05, 0.1) is 12.5 Å². The summed E-state index contributed by atoms with van der Waals surface area (Å²) in [7, 11) is 0. The highest BCUT2D eigenvalue weighted by Crippen LogP contribution is 2.16. The van der Waals surface area contributed by atoms with Crippen molar-refractivity contribution in [2.24, 2.45) is 11.8 Å². The Balaban J connectivity index is 3.77. The van der Waals surface area contributed by atoms with Crippen molar-refractivity contribution in [1.29, 1.82) is 0 Å². The molecular weight excluding hydrogens is 252 g/mol. The Morgan fingerprint density at radius 3 is 2.05 bits per heavy atom. The minimum Gasteiger partial charge on any atom is -0.465 e. The molecule has 0 saturated heterocycles. The molecule has 20 heavy (non-hydrogen) atoms. The number of ether oxygens (including phenoxy) is 1. The van der Waals surface area contributed by atoms with Crippen LogP contribution in [0.4, 0.5) is 0 Å². The molecule has 3 heteroatoms. The quantitative estimate of drug-likeness (QED) is 0.390. The zero-order valence-electron chi connectivity index (χ0n) is 13.7. The zero-order valence-corrected chi connectivity index (χ0v) is 13.7. The number of rotatable bonds is 12. The van der Waals surface area contributed by atoms with E-state index >= 15 is 0 Å². The van der Waals surface area contributed by atoms with Crippen LogP contribution in [0.25, 0.3) is 0 Å². The Labute approximate surface area is 124 Å². The van der Waals surface area contributed by atoms with Gasteiger partial charge < -0.3 is 4.74 Å². The van der Waals surface area contributed by atoms with Crippen LogP contribution in [0.1, 0.15) is 79.1 Å². The summed E-state index contributed by atoms with van der Waals surface area (Å²) in [6.07, 6.45) is 8.45. The molecule has 0 aliphatic heterocycles. The minimum absolute atomic E-state index is 0.163. The largest absolute Gasteiger partial charge is 0.465 e. The van der Waals surface area contributed by atoms with Crippen molar-refractivity contribution in [2.75, 3.05) is 6.61 Å². The van der Waals surface area contributed by atoms with E-state index in [9.17, 15) is 9.59 Å². The van der Waals surface area contributed by atoms with Crippen molar-refractivity contribution < 1.29 is 14.3 Å². The van der Waals surface area contributed by atoms with E-state index in [4.69, 9.17) is 4.74 Å². The fourth-order valence-electron chi connectivity index (χ4n) is 2.14. The molecule has 0 N–H and O–H groups in total. The first-order chi connectivity index (χ1) is 9.54. The van der Waals surface area contributed by atoms with E-state index in [1.807, 2.05) is 13.8 Å². The van der Waals surface area contributed by atoms with E-state index in [1.165, 1.54) is 25.7 Å². The predicted octanol–water partition coefficient (Wildman–Crippen LogP) is 4.53. The lowest BCUT2D eigenvalue weighted by atomic mass is 9.90. The standard InChI is InChI=1S/C17H32O3/c1-5-7-8-9-10-11-13-20-17(19)15(4)14(3)16(18)12-6-2/h14-15H,5-13H2,1-4H3. The summed E-state index contributed by atoms with van der Waals surface area (Å²) in [4.78, 5) is 23.6. The van der Waals surface area contributed by atoms with Crippen LogP contribution in [0.5, 0.6) is 0 Å². The summed E-state index contributed by atoms with van der Waals surface area (Å²) in [6, 6.07) is 0. The lowest BCUT2D eigenvalue weighted by Crippen LogP contribution is -2.27. The van der Waals surface area contributed by atoms with Crippen LogP contribution in [-0.2, 0) is 14.3 Å². The third-order valence-electron chi connectivity index (χ3n) is 3.87. The van der Waals surface area contributed by atoms with Crippen LogP contribution in [0, 0.1) is 11.8 Å². The van der Waals surface area contributed by atoms with Gasteiger partial charge in [0.15, 0.2) is 0 Å². The average Bonchev–Trinajstić information content (AvgIpc) is 2.44. The van der Waals surface area contributed by atoms with E-state index in [2.05, 4.69) is 6.92 Å². The Kier molecular flexibility index (Phi) is 11.4. The predicted molar refractivity (Wildman–Crippen MR) is 82.6 cm³/mol. The second-order valence-corrected chi connectivity index (χ2v) is 5.73. The fourth-order valence-corrected chi connectivity index (χ4v) is 2.14. The maximum absolute atomic E-state index is 11.9. The molecule has 118 valence electrons. The maximum atomic E-state index is 11.9. The van der Waals surface area contributed by atoms with Gasteiger partial charge >= 0.3 is 5.97 Å². The molecule has 3 nitrogen and oxygen atoms in total. The molecule has 0 radical (unpaired) electrons. The third-order valence-corrected chi connectivity index (χ3v) is 3.87. The molecule has 0 aromatic heterocycles. The number of hydrogen-bond acceptors (Lipinski definition) is 3. The van der Waals surface area contributed by atoms with Crippen molar-refractivity contribution in [3.63, 3.8) is 0 Å². The normalized spacial score (nSPS) is 13.8. The average molecular weight is 284 g/mol. The van der Waals surface area contributed by atoms with Gasteiger partial charge in [0.1, 0.15) is 5.78 Å². The van der Waals surface area contributed by atoms with Crippen LogP contribution in [-0.4, -0.2) is 18.4 Å². The third kappa shape index (κ3) is 8.34. The van der Waals surface area contributed by atoms with Gasteiger partial charge in [-0.05, 0) is 12.8 Å². The highest BCUT2D eigenvalue weighted by atomic mass is 16.5. The molecule has 0 bridgehead atoms. The molecule has 0 saturated carbocycles. The molecule has 0 aromatic carbocycles. The number of hydrogen-bond donors (Lipinski definition) is 0. The summed E-state index contributed by atoms with van der Waals surface area (Å²) < 4.78 is 5.27. The van der Waals surface area contributed by atoms with Gasteiger partial charge in [-0.15, -0.1) is 0 Å². The van der Waals surface area contributed by atoms with Gasteiger partial charge in [-0.2, -0.15) is 0 Å². The maximum Gasteiger partial charge on any atom is 0.309 e. The van der Waals surface area contributed by atoms with E-state index in [1.54, 1.807) is 6.92 Å². The molecule has 0 spiro atoms. The number of carbonyl (C=O) groups excluding carboxylic acids is 2. The van der Waals surface area contributed by atoms with Gasteiger partial charge in [0, 0.05) is 12.3 Å². The van der Waals surface area contributed by atoms with Crippen molar-refractivity contribution in [1.82, 2.24) is 0 Å². The SMILES string of the molecule is CCCCCCCCOC(=O)C(C)C(C)C(=O)CCC. The Morgan fingerprint density at radius 2 is 1.45 bits per heavy atom. The number of ketones is 1. The monoisotopic (exact) mass is 284 g/mol. The van der Waals surface area contributed by atoms with Crippen LogP contribution in [0.15, 0.2) is 0 Å². The molecule has 2 atom stereocenters. The lowest BCUT2D eigenvalue weighted by molar-refractivity contribution is -0.151. The summed E-state index contributed by atoms with van der Waals surface area (Å²) in [5, 5.41) is 0. The fraction of sp³-hybridized carbons (Fsp3) is 0.882. The molecule has 0 amide bonds. The highest BCUT2D eigenvalue weighted by molar-refractivity contribution is 5.86. The molecule has 0 rings (SSSR count). The van der Waals surface area contributed by atoms with Crippen molar-refractivity contribution >= 4 is 11.8 Å². The zero-order chi connectivity index (χ0) is 15.4. The minimum atomic E-state index is -0.325. The van der Waals surface area contributed by atoms with Gasteiger partial charge in [-0.1, -0.05) is 59.8 Å². The van der Waals surface area contributed by atoms with Crippen LogP contribution in [0.3, 0.4) is 0 Å². The molecule has 0 fully saturated rings. The summed E-state index contributed by atoms with van der Waals surface area (Å²) in [5.41, 5.74) is 0. The lowest BCUT2D eigenvalue weighted by Gasteiger charge is -2.17. The van der Waals surface area contributed by atoms with E-state index in [0.717, 1.165) is 19.3 Å². The van der Waals surface area contributed by atoms with E-state index in [-0.39, 0.29) is 23.6 Å². The van der Waals surface area contributed by atoms with Crippen molar-refractivity contribution in [3.05, 3.63) is 0 Å². The van der Waals surface area contributed by atoms with Gasteiger partial charge in [-0.25, -0.2) is 0 Å². The first-order valence-electron chi connectivity index (χ1n) is 8.23. The molecule has 0 aliphatic rings. The first kappa shape index (κ1) is 19.1. The number of unbranched alkanes of at least 4 members (excludes halogenated alkanes) is 5. The van der Waals surface area contributed by atoms with Crippen molar-refractivity contribution in [3.8, 4) is 0 Å². The summed E-state index contributed by atoms with van der Waals surface area (Å²) in [6.45, 7) is 8.29. The van der Waals surface area contributed by atoms with Crippen LogP contribution >= 0.6 is 0 Å². The molecule has 2 unspecified atom stereocenters. The summed E-state index contributed by atoms with van der Waals surface area (Å²) >= 11 is 0. The topological polar surface area (TPSA) is 43.4 Å². The molecule has 0 aliphatic carbocycles. The number of Topliss-reactive ketones (excluding diaryl/α,β-unsaturated/α-hetero) is 1. The molecule has 0 aromatic rings. The van der Waals surface area contributed by atoms with Gasteiger partial charge in [-0.3, -0.25) is 9.59 Å². The molecular formula is C17H32O3. The highest BCUT2D eigenvalue weighted by Gasteiger charge is 2.26. The smallest absolute Gasteiger partial charge is 0.309 e. The van der Waals surface area contributed by atoms with E-state index < -0.39 is 0 Å². The Hall–Kier alpha value is -0.860. The number of carbonyl (C=O) groups is 2. The molecule has 0 heterocycles. The van der Waals surface area contributed by atoms with Gasteiger partial charge in [0.2, 0.25) is 0 Å².